The zero-order chi connectivity index (χ0) is 20.1. The molecule has 0 atom stereocenters. The van der Waals surface area contributed by atoms with Gasteiger partial charge in [0.05, 0.1) is 6.20 Å². The number of aromatic nitrogens is 4. The summed E-state index contributed by atoms with van der Waals surface area (Å²) >= 11 is 6.33. The molecule has 6 nitrogen and oxygen atoms in total. The van der Waals surface area contributed by atoms with Crippen LogP contribution in [0.2, 0.25) is 56.5 Å². The molecule has 0 aliphatic rings. The maximum atomic E-state index is 6.33. The van der Waals surface area contributed by atoms with Gasteiger partial charge in [0, 0.05) is 41.8 Å². The molecule has 9 heteroatoms. The van der Waals surface area contributed by atoms with E-state index in [1.165, 1.54) is 0 Å². The summed E-state index contributed by atoms with van der Waals surface area (Å²) in [6, 6.07) is 2.26. The van der Waals surface area contributed by atoms with Crippen LogP contribution in [0.5, 0.6) is 0 Å². The first-order valence-electron chi connectivity index (χ1n) is 9.45. The highest BCUT2D eigenvalue weighted by molar-refractivity contribution is 6.76. The summed E-state index contributed by atoms with van der Waals surface area (Å²) in [4.78, 5) is 8.90. The van der Waals surface area contributed by atoms with Crippen molar-refractivity contribution in [2.24, 2.45) is 0 Å². The molecule has 0 aliphatic heterocycles. The minimum atomic E-state index is -1.11. The largest absolute Gasteiger partial charge is 0.361 e. The summed E-state index contributed by atoms with van der Waals surface area (Å²) in [6.07, 6.45) is 5.31. The van der Waals surface area contributed by atoms with Crippen LogP contribution in [0.1, 0.15) is 0 Å². The molecule has 0 radical (unpaired) electrons. The number of hydrogen-bond donors (Lipinski definition) is 0. The Balaban J connectivity index is 1.99. The fourth-order valence-corrected chi connectivity index (χ4v) is 4.04. The van der Waals surface area contributed by atoms with Crippen LogP contribution < -0.4 is 0 Å². The van der Waals surface area contributed by atoms with E-state index in [1.807, 2.05) is 15.3 Å². The van der Waals surface area contributed by atoms with E-state index >= 15 is 0 Å². The van der Waals surface area contributed by atoms with Crippen LogP contribution in [0.25, 0.3) is 11.6 Å². The van der Waals surface area contributed by atoms with Crippen molar-refractivity contribution in [3.05, 3.63) is 23.7 Å². The lowest BCUT2D eigenvalue weighted by molar-refractivity contribution is 0.0845. The molecular weight excluding hydrogens is 396 g/mol. The van der Waals surface area contributed by atoms with Crippen LogP contribution in [0.15, 0.2) is 18.6 Å². The van der Waals surface area contributed by atoms with Crippen LogP contribution in [-0.4, -0.2) is 48.5 Å². The zero-order valence-electron chi connectivity index (χ0n) is 17.5. The lowest BCUT2D eigenvalue weighted by Gasteiger charge is -2.17. The van der Waals surface area contributed by atoms with Gasteiger partial charge in [-0.1, -0.05) is 50.9 Å². The third-order valence-corrected chi connectivity index (χ3v) is 7.88. The normalized spacial score (nSPS) is 12.7. The molecule has 0 fully saturated rings. The van der Waals surface area contributed by atoms with E-state index < -0.39 is 16.1 Å². The van der Waals surface area contributed by atoms with E-state index in [1.54, 1.807) is 12.4 Å². The van der Waals surface area contributed by atoms with Crippen LogP contribution in [0, 0.1) is 0 Å². The Hall–Kier alpha value is -0.936. The molecular formula is C18H33ClN4O2Si2. The zero-order valence-corrected chi connectivity index (χ0v) is 20.2. The summed E-state index contributed by atoms with van der Waals surface area (Å²) in [6.45, 7) is 16.4. The van der Waals surface area contributed by atoms with Crippen LogP contribution >= 0.6 is 11.6 Å². The summed E-state index contributed by atoms with van der Waals surface area (Å²) in [5, 5.41) is 0.548. The summed E-state index contributed by atoms with van der Waals surface area (Å²) in [5.74, 6) is 1.44. The maximum absolute atomic E-state index is 6.33. The average molecular weight is 429 g/mol. The van der Waals surface area contributed by atoms with E-state index in [0.717, 1.165) is 31.1 Å². The van der Waals surface area contributed by atoms with Crippen LogP contribution in [0.4, 0.5) is 0 Å². The molecule has 0 saturated heterocycles. The minimum Gasteiger partial charge on any atom is -0.361 e. The Bertz CT molecular complexity index is 720. The molecule has 2 aromatic rings. The van der Waals surface area contributed by atoms with E-state index in [9.17, 15) is 0 Å². The van der Waals surface area contributed by atoms with Gasteiger partial charge in [-0.3, -0.25) is 4.57 Å². The molecule has 0 N–H and O–H groups in total. The molecule has 27 heavy (non-hydrogen) atoms. The Morgan fingerprint density at radius 3 is 2.07 bits per heavy atom. The van der Waals surface area contributed by atoms with Gasteiger partial charge in [0.1, 0.15) is 18.6 Å². The smallest absolute Gasteiger partial charge is 0.179 e. The first kappa shape index (κ1) is 22.4. The first-order chi connectivity index (χ1) is 12.6. The standard InChI is InChI=1S/C18H33ClN4O2Si2/c1-26(2,3)11-9-24-14-22-8-7-20-17(22)18-21-13-16(19)23(18)15-25-10-12-27(4,5)6/h7-8,13H,9-12,14-15H2,1-6H3. The highest BCUT2D eigenvalue weighted by atomic mass is 35.5. The molecule has 0 aliphatic carbocycles. The van der Waals surface area contributed by atoms with Gasteiger partial charge in [0.25, 0.3) is 0 Å². The van der Waals surface area contributed by atoms with Gasteiger partial charge in [0.2, 0.25) is 0 Å². The molecule has 0 aromatic carbocycles. The number of ether oxygens (including phenoxy) is 2. The van der Waals surface area contributed by atoms with Crippen molar-refractivity contribution in [2.45, 2.75) is 64.8 Å². The van der Waals surface area contributed by atoms with Crippen molar-refractivity contribution >= 4 is 27.7 Å². The van der Waals surface area contributed by atoms with Gasteiger partial charge in [-0.25, -0.2) is 9.97 Å². The lowest BCUT2D eigenvalue weighted by Crippen LogP contribution is -2.22. The van der Waals surface area contributed by atoms with Gasteiger partial charge in [-0.2, -0.15) is 0 Å². The fraction of sp³-hybridized carbons (Fsp3) is 0.667. The third kappa shape index (κ3) is 7.54. The molecule has 152 valence electrons. The molecule has 0 bridgehead atoms. The fourth-order valence-electron chi connectivity index (χ4n) is 2.35. The SMILES string of the molecule is C[Si](C)(C)CCOCn1ccnc1-c1ncc(Cl)n1COCC[Si](C)(C)C. The summed E-state index contributed by atoms with van der Waals surface area (Å²) in [5.41, 5.74) is 0. The van der Waals surface area contributed by atoms with Crippen molar-refractivity contribution in [1.82, 2.24) is 19.1 Å². The second-order valence-corrected chi connectivity index (χ2v) is 20.9. The second-order valence-electron chi connectivity index (χ2n) is 9.25. The number of imidazole rings is 2. The van der Waals surface area contributed by atoms with Gasteiger partial charge < -0.3 is 14.0 Å². The van der Waals surface area contributed by atoms with E-state index in [2.05, 4.69) is 49.3 Å². The van der Waals surface area contributed by atoms with Crippen molar-refractivity contribution in [1.29, 1.82) is 0 Å². The van der Waals surface area contributed by atoms with E-state index in [-0.39, 0.29) is 0 Å². The predicted molar refractivity (Wildman–Crippen MR) is 117 cm³/mol. The van der Waals surface area contributed by atoms with Crippen LogP contribution in [0.3, 0.4) is 0 Å². The number of halogens is 1. The molecule has 0 saturated carbocycles. The summed E-state index contributed by atoms with van der Waals surface area (Å²) in [7, 11) is -2.21. The highest BCUT2D eigenvalue weighted by Gasteiger charge is 2.17. The quantitative estimate of drug-likeness (QED) is 0.372. The number of nitrogens with zero attached hydrogens (tertiary/aromatic N) is 4. The highest BCUT2D eigenvalue weighted by Crippen LogP contribution is 2.22. The van der Waals surface area contributed by atoms with Crippen molar-refractivity contribution in [2.75, 3.05) is 13.2 Å². The first-order valence-corrected chi connectivity index (χ1v) is 17.2. The van der Waals surface area contributed by atoms with Crippen molar-refractivity contribution in [3.8, 4) is 11.6 Å². The predicted octanol–water partition coefficient (Wildman–Crippen LogP) is 5.02. The second kappa shape index (κ2) is 9.51. The third-order valence-electron chi connectivity index (χ3n) is 4.17. The topological polar surface area (TPSA) is 54.1 Å². The Labute approximate surface area is 169 Å². The monoisotopic (exact) mass is 428 g/mol. The van der Waals surface area contributed by atoms with E-state index in [0.29, 0.717) is 24.4 Å². The van der Waals surface area contributed by atoms with Gasteiger partial charge in [-0.15, -0.1) is 0 Å². The maximum Gasteiger partial charge on any atom is 0.179 e. The Morgan fingerprint density at radius 2 is 1.48 bits per heavy atom. The van der Waals surface area contributed by atoms with Gasteiger partial charge in [-0.05, 0) is 12.1 Å². The number of hydrogen-bond acceptors (Lipinski definition) is 4. The molecule has 2 rings (SSSR count). The lowest BCUT2D eigenvalue weighted by atomic mass is 10.5. The average Bonchev–Trinajstić information content (AvgIpc) is 3.13. The molecule has 2 aromatic heterocycles. The molecule has 0 unspecified atom stereocenters. The number of rotatable bonds is 11. The minimum absolute atomic E-state index is 0.377. The molecule has 0 amide bonds. The molecule has 0 spiro atoms. The van der Waals surface area contributed by atoms with Crippen LogP contribution in [-0.2, 0) is 22.9 Å². The summed E-state index contributed by atoms with van der Waals surface area (Å²) < 4.78 is 15.5. The Morgan fingerprint density at radius 1 is 0.889 bits per heavy atom. The van der Waals surface area contributed by atoms with Gasteiger partial charge in [0.15, 0.2) is 11.6 Å². The Kier molecular flexibility index (Phi) is 7.87. The van der Waals surface area contributed by atoms with E-state index in [4.69, 9.17) is 21.1 Å². The molecule has 2 heterocycles. The van der Waals surface area contributed by atoms with Crippen molar-refractivity contribution in [3.63, 3.8) is 0 Å². The van der Waals surface area contributed by atoms with Gasteiger partial charge >= 0.3 is 0 Å². The van der Waals surface area contributed by atoms with Crippen molar-refractivity contribution < 1.29 is 9.47 Å².